The second-order valence-corrected chi connectivity index (χ2v) is 6.38. The Bertz CT molecular complexity index is 701. The van der Waals surface area contributed by atoms with E-state index < -0.39 is 11.7 Å². The van der Waals surface area contributed by atoms with E-state index in [1.54, 1.807) is 6.07 Å². The van der Waals surface area contributed by atoms with Gasteiger partial charge < -0.3 is 5.32 Å². The first kappa shape index (κ1) is 18.4. The number of hydrogen-bond acceptors (Lipinski definition) is 2. The number of alkyl halides is 3. The Morgan fingerprint density at radius 1 is 1.12 bits per heavy atom. The fourth-order valence-corrected chi connectivity index (χ4v) is 3.07. The first-order valence-corrected chi connectivity index (χ1v) is 8.57. The van der Waals surface area contributed by atoms with Crippen LogP contribution in [0.1, 0.15) is 22.3 Å². The third-order valence-electron chi connectivity index (χ3n) is 3.50. The van der Waals surface area contributed by atoms with E-state index in [2.05, 4.69) is 5.32 Å². The first-order chi connectivity index (χ1) is 11.4. The Morgan fingerprint density at radius 3 is 2.58 bits per heavy atom. The van der Waals surface area contributed by atoms with Crippen molar-refractivity contribution in [2.45, 2.75) is 25.4 Å². The number of carbonyl (C=O) groups is 1. The maximum Gasteiger partial charge on any atom is 0.416 e. The quantitative estimate of drug-likeness (QED) is 0.825. The first-order valence-electron chi connectivity index (χ1n) is 7.41. The predicted octanol–water partition coefficient (Wildman–Crippen LogP) is 4.56. The summed E-state index contributed by atoms with van der Waals surface area (Å²) < 4.78 is 37.9. The molecule has 0 unspecified atom stereocenters. The molecular weight excluding hydrogens is 335 g/mol. The number of nitrogens with one attached hydrogen (secondary N) is 1. The number of aryl methyl sites for hydroxylation is 1. The third-order valence-corrected chi connectivity index (χ3v) is 4.48. The maximum atomic E-state index is 12.6. The molecule has 2 rings (SSSR count). The van der Waals surface area contributed by atoms with Crippen LogP contribution in [0.15, 0.2) is 48.5 Å². The molecule has 128 valence electrons. The molecule has 2 nitrogen and oxygen atoms in total. The molecule has 1 amide bonds. The minimum atomic E-state index is -4.37. The van der Waals surface area contributed by atoms with Gasteiger partial charge in [0.25, 0.3) is 0 Å². The van der Waals surface area contributed by atoms with Crippen LogP contribution in [0.4, 0.5) is 13.2 Å². The molecule has 2 aromatic carbocycles. The number of carbonyl (C=O) groups excluding carboxylic acids is 1. The van der Waals surface area contributed by atoms with E-state index in [-0.39, 0.29) is 18.2 Å². The van der Waals surface area contributed by atoms with Crippen LogP contribution in [-0.2, 0) is 23.3 Å². The Labute approximate surface area is 143 Å². The Morgan fingerprint density at radius 2 is 1.88 bits per heavy atom. The van der Waals surface area contributed by atoms with Crippen molar-refractivity contribution in [3.8, 4) is 0 Å². The lowest BCUT2D eigenvalue weighted by Crippen LogP contribution is -2.24. The molecule has 0 saturated heterocycles. The smallest absolute Gasteiger partial charge is 0.351 e. The molecule has 0 saturated carbocycles. The van der Waals surface area contributed by atoms with Crippen LogP contribution in [-0.4, -0.2) is 11.7 Å². The van der Waals surface area contributed by atoms with Gasteiger partial charge in [0.2, 0.25) is 5.91 Å². The van der Waals surface area contributed by atoms with Crippen molar-refractivity contribution in [3.63, 3.8) is 0 Å². The largest absolute Gasteiger partial charge is 0.416 e. The van der Waals surface area contributed by atoms with Gasteiger partial charge in [0.1, 0.15) is 0 Å². The average Bonchev–Trinajstić information content (AvgIpc) is 2.54. The monoisotopic (exact) mass is 353 g/mol. The molecule has 6 heteroatoms. The van der Waals surface area contributed by atoms with Crippen LogP contribution in [0.3, 0.4) is 0 Å². The van der Waals surface area contributed by atoms with Crippen LogP contribution in [0.5, 0.6) is 0 Å². The van der Waals surface area contributed by atoms with Gasteiger partial charge in [0.15, 0.2) is 0 Å². The molecular formula is C18H18F3NOS. The fraction of sp³-hybridized carbons (Fsp3) is 0.278. The maximum absolute atomic E-state index is 12.6. The average molecular weight is 353 g/mol. The highest BCUT2D eigenvalue weighted by atomic mass is 32.2. The SMILES string of the molecule is Cc1ccccc1CSCC(=O)NCc1cccc(C(F)(F)F)c1. The van der Waals surface area contributed by atoms with Gasteiger partial charge in [-0.25, -0.2) is 0 Å². The fourth-order valence-electron chi connectivity index (χ4n) is 2.14. The van der Waals surface area contributed by atoms with Gasteiger partial charge >= 0.3 is 6.18 Å². The number of thioether (sulfide) groups is 1. The lowest BCUT2D eigenvalue weighted by Gasteiger charge is -2.10. The summed E-state index contributed by atoms with van der Waals surface area (Å²) in [6, 6.07) is 12.9. The standard InChI is InChI=1S/C18H18F3NOS/c1-13-5-2-3-7-15(13)11-24-12-17(23)22-10-14-6-4-8-16(9-14)18(19,20)21/h2-9H,10-12H2,1H3,(H,22,23). The molecule has 0 aromatic heterocycles. The molecule has 0 fully saturated rings. The summed E-state index contributed by atoms with van der Waals surface area (Å²) in [4.78, 5) is 11.8. The second-order valence-electron chi connectivity index (χ2n) is 5.39. The summed E-state index contributed by atoms with van der Waals surface area (Å²) >= 11 is 1.48. The molecule has 0 spiro atoms. The normalized spacial score (nSPS) is 11.3. The van der Waals surface area contributed by atoms with Gasteiger partial charge in [-0.05, 0) is 35.7 Å². The van der Waals surface area contributed by atoms with E-state index in [4.69, 9.17) is 0 Å². The number of rotatable bonds is 6. The number of hydrogen-bond donors (Lipinski definition) is 1. The van der Waals surface area contributed by atoms with Crippen LogP contribution in [0, 0.1) is 6.92 Å². The Balaban J connectivity index is 1.78. The van der Waals surface area contributed by atoms with Crippen molar-refractivity contribution < 1.29 is 18.0 Å². The van der Waals surface area contributed by atoms with E-state index in [1.807, 2.05) is 31.2 Å². The molecule has 1 N–H and O–H groups in total. The molecule has 0 aliphatic heterocycles. The van der Waals surface area contributed by atoms with Crippen LogP contribution in [0.25, 0.3) is 0 Å². The van der Waals surface area contributed by atoms with Gasteiger partial charge in [0.05, 0.1) is 11.3 Å². The zero-order valence-electron chi connectivity index (χ0n) is 13.2. The van der Waals surface area contributed by atoms with E-state index in [9.17, 15) is 18.0 Å². The molecule has 0 aliphatic rings. The minimum absolute atomic E-state index is 0.0910. The predicted molar refractivity (Wildman–Crippen MR) is 90.6 cm³/mol. The van der Waals surface area contributed by atoms with E-state index in [1.165, 1.54) is 29.0 Å². The zero-order valence-corrected chi connectivity index (χ0v) is 14.0. The highest BCUT2D eigenvalue weighted by Gasteiger charge is 2.30. The summed E-state index contributed by atoms with van der Waals surface area (Å²) in [6.07, 6.45) is -4.37. The molecule has 0 atom stereocenters. The zero-order chi connectivity index (χ0) is 17.6. The highest BCUT2D eigenvalue weighted by Crippen LogP contribution is 2.29. The van der Waals surface area contributed by atoms with Gasteiger partial charge in [-0.1, -0.05) is 36.4 Å². The van der Waals surface area contributed by atoms with Gasteiger partial charge in [0, 0.05) is 12.3 Å². The lowest BCUT2D eigenvalue weighted by atomic mass is 10.1. The highest BCUT2D eigenvalue weighted by molar-refractivity contribution is 7.99. The number of amides is 1. The summed E-state index contributed by atoms with van der Waals surface area (Å²) in [7, 11) is 0. The van der Waals surface area contributed by atoms with Crippen molar-refractivity contribution in [1.82, 2.24) is 5.32 Å². The summed E-state index contributed by atoms with van der Waals surface area (Å²) in [5.41, 5.74) is 2.08. The molecule has 0 radical (unpaired) electrons. The molecule has 0 bridgehead atoms. The molecule has 2 aromatic rings. The van der Waals surface area contributed by atoms with Crippen molar-refractivity contribution in [2.24, 2.45) is 0 Å². The third kappa shape index (κ3) is 5.60. The van der Waals surface area contributed by atoms with Crippen molar-refractivity contribution in [2.75, 3.05) is 5.75 Å². The molecule has 0 aliphatic carbocycles. The minimum Gasteiger partial charge on any atom is -0.351 e. The van der Waals surface area contributed by atoms with Crippen LogP contribution in [0.2, 0.25) is 0 Å². The van der Waals surface area contributed by atoms with Crippen molar-refractivity contribution in [1.29, 1.82) is 0 Å². The lowest BCUT2D eigenvalue weighted by molar-refractivity contribution is -0.137. The topological polar surface area (TPSA) is 29.1 Å². The molecule has 0 heterocycles. The van der Waals surface area contributed by atoms with Crippen molar-refractivity contribution >= 4 is 17.7 Å². The number of halogens is 3. The van der Waals surface area contributed by atoms with E-state index >= 15 is 0 Å². The van der Waals surface area contributed by atoms with Crippen LogP contribution < -0.4 is 5.32 Å². The van der Waals surface area contributed by atoms with Gasteiger partial charge in [-0.2, -0.15) is 13.2 Å². The van der Waals surface area contributed by atoms with Crippen molar-refractivity contribution in [3.05, 3.63) is 70.8 Å². The summed E-state index contributed by atoms with van der Waals surface area (Å²) in [6.45, 7) is 2.11. The molecule has 24 heavy (non-hydrogen) atoms. The van der Waals surface area contributed by atoms with E-state index in [0.717, 1.165) is 17.9 Å². The Kier molecular flexibility index (Phi) is 6.31. The summed E-state index contributed by atoms with van der Waals surface area (Å²) in [5.74, 6) is 0.808. The van der Waals surface area contributed by atoms with E-state index in [0.29, 0.717) is 5.56 Å². The van der Waals surface area contributed by atoms with Gasteiger partial charge in [-0.15, -0.1) is 11.8 Å². The number of benzene rings is 2. The van der Waals surface area contributed by atoms with Crippen LogP contribution >= 0.6 is 11.8 Å². The Hall–Kier alpha value is -1.95. The van der Waals surface area contributed by atoms with Gasteiger partial charge in [-0.3, -0.25) is 4.79 Å². The summed E-state index contributed by atoms with van der Waals surface area (Å²) in [5, 5.41) is 2.65. The second kappa shape index (κ2) is 8.24.